The predicted molar refractivity (Wildman–Crippen MR) is 123 cm³/mol. The summed E-state index contributed by atoms with van der Waals surface area (Å²) >= 11 is 1.74. The minimum Gasteiger partial charge on any atom is -0.497 e. The number of nitrogens with one attached hydrogen (secondary N) is 2. The number of benzene rings is 1. The molecule has 0 fully saturated rings. The Morgan fingerprint density at radius 3 is 2.56 bits per heavy atom. The maximum atomic E-state index is 5.70. The van der Waals surface area contributed by atoms with Crippen LogP contribution in [0.5, 0.6) is 5.75 Å². The minimum absolute atomic E-state index is 0. The quantitative estimate of drug-likeness (QED) is 0.225. The lowest BCUT2D eigenvalue weighted by Crippen LogP contribution is -2.39. The molecular formula is C19H29IN4O2S. The van der Waals surface area contributed by atoms with Gasteiger partial charge in [-0.25, -0.2) is 4.98 Å². The molecule has 1 aromatic carbocycles. The van der Waals surface area contributed by atoms with E-state index in [4.69, 9.17) is 9.47 Å². The molecule has 0 unspecified atom stereocenters. The molecule has 2 N–H and O–H groups in total. The Balaban J connectivity index is 0.00000364. The van der Waals surface area contributed by atoms with Gasteiger partial charge in [-0.15, -0.1) is 35.3 Å². The van der Waals surface area contributed by atoms with Crippen molar-refractivity contribution in [2.75, 3.05) is 33.9 Å². The number of halogens is 1. The van der Waals surface area contributed by atoms with Gasteiger partial charge in [-0.2, -0.15) is 0 Å². The number of rotatable bonds is 10. The first kappa shape index (κ1) is 23.6. The zero-order chi connectivity index (χ0) is 18.6. The van der Waals surface area contributed by atoms with E-state index in [-0.39, 0.29) is 24.0 Å². The highest BCUT2D eigenvalue weighted by atomic mass is 127. The van der Waals surface area contributed by atoms with Gasteiger partial charge >= 0.3 is 0 Å². The number of aryl methyl sites for hydroxylation is 1. The van der Waals surface area contributed by atoms with E-state index in [1.807, 2.05) is 30.5 Å². The number of hydrogen-bond donors (Lipinski definition) is 2. The number of ether oxygens (including phenoxy) is 2. The van der Waals surface area contributed by atoms with Gasteiger partial charge in [0.1, 0.15) is 5.75 Å². The van der Waals surface area contributed by atoms with Crippen LogP contribution in [0.1, 0.15) is 21.9 Å². The van der Waals surface area contributed by atoms with E-state index in [0.29, 0.717) is 13.2 Å². The average molecular weight is 504 g/mol. The Morgan fingerprint density at radius 2 is 1.93 bits per heavy atom. The van der Waals surface area contributed by atoms with E-state index < -0.39 is 0 Å². The first-order valence-electron chi connectivity index (χ1n) is 8.77. The summed E-state index contributed by atoms with van der Waals surface area (Å²) in [6, 6.07) is 7.94. The van der Waals surface area contributed by atoms with Crippen molar-refractivity contribution < 1.29 is 9.47 Å². The monoisotopic (exact) mass is 504 g/mol. The standard InChI is InChI=1S/C19H28N4O2S.HI/c1-15-13-23-18(26-15)9-11-22-19(20-2)21-10-4-12-25-14-16-5-7-17(24-3)8-6-16;/h5-8,13H,4,9-12,14H2,1-3H3,(H2,20,21,22);1H. The summed E-state index contributed by atoms with van der Waals surface area (Å²) in [6.07, 6.45) is 3.74. The number of nitrogens with zero attached hydrogens (tertiary/aromatic N) is 2. The van der Waals surface area contributed by atoms with Crippen LogP contribution in [0.3, 0.4) is 0 Å². The SMILES string of the molecule is CN=C(NCCCOCc1ccc(OC)cc1)NCCc1ncc(C)s1.I. The lowest BCUT2D eigenvalue weighted by atomic mass is 10.2. The molecule has 0 radical (unpaired) electrons. The fourth-order valence-electron chi connectivity index (χ4n) is 2.32. The Labute approximate surface area is 182 Å². The number of guanidine groups is 1. The first-order chi connectivity index (χ1) is 12.7. The van der Waals surface area contributed by atoms with Crippen LogP contribution < -0.4 is 15.4 Å². The minimum atomic E-state index is 0. The molecule has 0 bridgehead atoms. The second-order valence-electron chi connectivity index (χ2n) is 5.79. The molecule has 0 aliphatic heterocycles. The van der Waals surface area contributed by atoms with Crippen LogP contribution in [-0.4, -0.2) is 44.8 Å². The van der Waals surface area contributed by atoms with Crippen LogP contribution in [0.15, 0.2) is 35.5 Å². The van der Waals surface area contributed by atoms with E-state index in [1.165, 1.54) is 4.88 Å². The third-order valence-corrected chi connectivity index (χ3v) is 4.68. The highest BCUT2D eigenvalue weighted by molar-refractivity contribution is 14.0. The van der Waals surface area contributed by atoms with Gasteiger partial charge in [0.2, 0.25) is 0 Å². The van der Waals surface area contributed by atoms with Crippen LogP contribution in [0.25, 0.3) is 0 Å². The Bertz CT molecular complexity index is 677. The lowest BCUT2D eigenvalue weighted by Gasteiger charge is -2.11. The van der Waals surface area contributed by atoms with Crippen molar-refractivity contribution in [3.63, 3.8) is 0 Å². The molecule has 0 aliphatic rings. The Hall–Kier alpha value is -1.39. The predicted octanol–water partition coefficient (Wildman–Crippen LogP) is 3.39. The van der Waals surface area contributed by atoms with Gasteiger partial charge in [0, 0.05) is 44.2 Å². The normalized spacial score (nSPS) is 11.0. The van der Waals surface area contributed by atoms with Crippen LogP contribution in [0.4, 0.5) is 0 Å². The van der Waals surface area contributed by atoms with Crippen LogP contribution >= 0.6 is 35.3 Å². The van der Waals surface area contributed by atoms with E-state index in [2.05, 4.69) is 27.5 Å². The fourth-order valence-corrected chi connectivity index (χ4v) is 3.10. The molecular weight excluding hydrogens is 475 g/mol. The van der Waals surface area contributed by atoms with E-state index in [0.717, 1.165) is 48.2 Å². The fraction of sp³-hybridized carbons (Fsp3) is 0.474. The molecule has 0 atom stereocenters. The first-order valence-corrected chi connectivity index (χ1v) is 9.59. The third kappa shape index (κ3) is 9.39. The average Bonchev–Trinajstić information content (AvgIpc) is 3.08. The molecule has 2 aromatic rings. The molecule has 150 valence electrons. The molecule has 27 heavy (non-hydrogen) atoms. The number of methoxy groups -OCH3 is 1. The van der Waals surface area contributed by atoms with Crippen molar-refractivity contribution in [1.29, 1.82) is 0 Å². The van der Waals surface area contributed by atoms with E-state index in [1.54, 1.807) is 25.5 Å². The van der Waals surface area contributed by atoms with Gasteiger partial charge in [-0.05, 0) is 31.0 Å². The van der Waals surface area contributed by atoms with Gasteiger partial charge in [0.25, 0.3) is 0 Å². The molecule has 0 amide bonds. The van der Waals surface area contributed by atoms with Crippen molar-refractivity contribution in [3.05, 3.63) is 45.9 Å². The number of hydrogen-bond acceptors (Lipinski definition) is 5. The third-order valence-electron chi connectivity index (χ3n) is 3.71. The maximum Gasteiger partial charge on any atom is 0.190 e. The molecule has 1 aromatic heterocycles. The molecule has 0 spiro atoms. The molecule has 0 aliphatic carbocycles. The largest absolute Gasteiger partial charge is 0.497 e. The summed E-state index contributed by atoms with van der Waals surface area (Å²) in [5.74, 6) is 1.68. The highest BCUT2D eigenvalue weighted by Crippen LogP contribution is 2.12. The maximum absolute atomic E-state index is 5.70. The topological polar surface area (TPSA) is 67.8 Å². The molecule has 8 heteroatoms. The molecule has 0 saturated heterocycles. The number of aliphatic imine (C=N–C) groups is 1. The van der Waals surface area contributed by atoms with Gasteiger partial charge in [0.05, 0.1) is 18.7 Å². The van der Waals surface area contributed by atoms with Gasteiger partial charge in [-0.3, -0.25) is 4.99 Å². The molecule has 6 nitrogen and oxygen atoms in total. The summed E-state index contributed by atoms with van der Waals surface area (Å²) in [5, 5.41) is 7.76. The summed E-state index contributed by atoms with van der Waals surface area (Å²) in [7, 11) is 3.45. The molecule has 1 heterocycles. The van der Waals surface area contributed by atoms with Crippen molar-refractivity contribution in [2.24, 2.45) is 4.99 Å². The van der Waals surface area contributed by atoms with Crippen LogP contribution in [0, 0.1) is 6.92 Å². The Morgan fingerprint density at radius 1 is 1.19 bits per heavy atom. The summed E-state index contributed by atoms with van der Waals surface area (Å²) in [5.41, 5.74) is 1.15. The highest BCUT2D eigenvalue weighted by Gasteiger charge is 2.01. The van der Waals surface area contributed by atoms with Crippen LogP contribution in [0.2, 0.25) is 0 Å². The van der Waals surface area contributed by atoms with Crippen LogP contribution in [-0.2, 0) is 17.8 Å². The lowest BCUT2D eigenvalue weighted by molar-refractivity contribution is 0.119. The van der Waals surface area contributed by atoms with Crippen molar-refractivity contribution in [2.45, 2.75) is 26.4 Å². The van der Waals surface area contributed by atoms with Crippen molar-refractivity contribution in [1.82, 2.24) is 15.6 Å². The summed E-state index contributed by atoms with van der Waals surface area (Å²) < 4.78 is 10.8. The Kier molecular flexibility index (Phi) is 12.0. The van der Waals surface area contributed by atoms with Crippen molar-refractivity contribution in [3.8, 4) is 5.75 Å². The number of thiazole rings is 1. The van der Waals surface area contributed by atoms with E-state index >= 15 is 0 Å². The van der Waals surface area contributed by atoms with Gasteiger partial charge < -0.3 is 20.1 Å². The van der Waals surface area contributed by atoms with Gasteiger partial charge in [0.15, 0.2) is 5.96 Å². The molecule has 0 saturated carbocycles. The molecule has 2 rings (SSSR count). The smallest absolute Gasteiger partial charge is 0.190 e. The van der Waals surface area contributed by atoms with E-state index in [9.17, 15) is 0 Å². The second-order valence-corrected chi connectivity index (χ2v) is 7.11. The van der Waals surface area contributed by atoms with Gasteiger partial charge in [-0.1, -0.05) is 12.1 Å². The zero-order valence-corrected chi connectivity index (χ0v) is 19.3. The zero-order valence-electron chi connectivity index (χ0n) is 16.2. The second kappa shape index (κ2) is 13.7. The summed E-state index contributed by atoms with van der Waals surface area (Å²) in [4.78, 5) is 9.84. The van der Waals surface area contributed by atoms with Crippen molar-refractivity contribution >= 4 is 41.3 Å². The number of aromatic nitrogens is 1. The summed E-state index contributed by atoms with van der Waals surface area (Å²) in [6.45, 7) is 5.03.